The van der Waals surface area contributed by atoms with E-state index in [2.05, 4.69) is 22.8 Å². The number of nitrogens with one attached hydrogen (secondary N) is 2. The van der Waals surface area contributed by atoms with Gasteiger partial charge in [-0.1, -0.05) is 43.5 Å². The largest absolute Gasteiger partial charge is 0.355 e. The average molecular weight is 350 g/mol. The third-order valence-electron chi connectivity index (χ3n) is 5.15. The molecule has 0 aliphatic heterocycles. The lowest BCUT2D eigenvalue weighted by atomic mass is 9.84. The molecule has 2 aromatic rings. The van der Waals surface area contributed by atoms with Crippen molar-refractivity contribution in [2.75, 3.05) is 7.05 Å². The highest BCUT2D eigenvalue weighted by Gasteiger charge is 2.15. The minimum Gasteiger partial charge on any atom is -0.355 e. The van der Waals surface area contributed by atoms with Gasteiger partial charge < -0.3 is 10.6 Å². The maximum atomic E-state index is 12.4. The Hall–Kier alpha value is -2.62. The maximum absolute atomic E-state index is 12.4. The van der Waals surface area contributed by atoms with Gasteiger partial charge in [0.25, 0.3) is 11.8 Å². The summed E-state index contributed by atoms with van der Waals surface area (Å²) in [6, 6.07) is 15.3. The Balaban J connectivity index is 1.55. The Morgan fingerprint density at radius 2 is 1.42 bits per heavy atom. The average Bonchev–Trinajstić information content (AvgIpc) is 2.72. The highest BCUT2D eigenvalue weighted by Crippen LogP contribution is 2.32. The SMILES string of the molecule is CNC(=O)c1ccc(CNC(=O)c2ccc(C3CCCCC3)cc2)cc1. The van der Waals surface area contributed by atoms with Crippen LogP contribution in [0.15, 0.2) is 48.5 Å². The van der Waals surface area contributed by atoms with Crippen molar-refractivity contribution in [3.63, 3.8) is 0 Å². The summed E-state index contributed by atoms with van der Waals surface area (Å²) in [5, 5.41) is 5.53. The molecule has 4 nitrogen and oxygen atoms in total. The second kappa shape index (κ2) is 8.65. The molecule has 0 saturated heterocycles. The van der Waals surface area contributed by atoms with E-state index in [0.29, 0.717) is 23.6 Å². The van der Waals surface area contributed by atoms with Gasteiger partial charge >= 0.3 is 0 Å². The topological polar surface area (TPSA) is 58.2 Å². The molecule has 0 bridgehead atoms. The Kier molecular flexibility index (Phi) is 6.05. The second-order valence-corrected chi connectivity index (χ2v) is 6.92. The fourth-order valence-electron chi connectivity index (χ4n) is 3.55. The van der Waals surface area contributed by atoms with Gasteiger partial charge in [-0.3, -0.25) is 9.59 Å². The van der Waals surface area contributed by atoms with Gasteiger partial charge in [-0.05, 0) is 54.2 Å². The van der Waals surface area contributed by atoms with Crippen LogP contribution in [0.1, 0.15) is 69.9 Å². The Morgan fingerprint density at radius 1 is 0.846 bits per heavy atom. The lowest BCUT2D eigenvalue weighted by Crippen LogP contribution is -2.23. The Labute approximate surface area is 155 Å². The zero-order valence-corrected chi connectivity index (χ0v) is 15.3. The fourth-order valence-corrected chi connectivity index (χ4v) is 3.55. The van der Waals surface area contributed by atoms with Gasteiger partial charge in [0, 0.05) is 24.7 Å². The second-order valence-electron chi connectivity index (χ2n) is 6.92. The van der Waals surface area contributed by atoms with Crippen LogP contribution in [-0.4, -0.2) is 18.9 Å². The zero-order chi connectivity index (χ0) is 18.4. The first-order valence-electron chi connectivity index (χ1n) is 9.36. The third kappa shape index (κ3) is 4.51. The fraction of sp³-hybridized carbons (Fsp3) is 0.364. The summed E-state index contributed by atoms with van der Waals surface area (Å²) in [6.07, 6.45) is 6.49. The molecule has 1 saturated carbocycles. The third-order valence-corrected chi connectivity index (χ3v) is 5.15. The smallest absolute Gasteiger partial charge is 0.251 e. The molecule has 2 amide bonds. The van der Waals surface area contributed by atoms with Crippen molar-refractivity contribution in [2.45, 2.75) is 44.6 Å². The molecule has 1 fully saturated rings. The molecule has 0 radical (unpaired) electrons. The van der Waals surface area contributed by atoms with Gasteiger partial charge in [-0.15, -0.1) is 0 Å². The van der Waals surface area contributed by atoms with Crippen molar-refractivity contribution in [1.29, 1.82) is 0 Å². The van der Waals surface area contributed by atoms with Crippen LogP contribution in [0.2, 0.25) is 0 Å². The van der Waals surface area contributed by atoms with E-state index in [4.69, 9.17) is 0 Å². The van der Waals surface area contributed by atoms with Gasteiger partial charge in [0.15, 0.2) is 0 Å². The van der Waals surface area contributed by atoms with Crippen LogP contribution in [0, 0.1) is 0 Å². The van der Waals surface area contributed by atoms with Crippen LogP contribution >= 0.6 is 0 Å². The van der Waals surface area contributed by atoms with E-state index in [1.807, 2.05) is 24.3 Å². The van der Waals surface area contributed by atoms with Gasteiger partial charge in [-0.2, -0.15) is 0 Å². The standard InChI is InChI=1S/C22H26N2O2/c1-23-21(25)19-9-7-16(8-10-19)15-24-22(26)20-13-11-18(12-14-20)17-5-3-2-4-6-17/h7-14,17H,2-6,15H2,1H3,(H,23,25)(H,24,26). The Bertz CT molecular complexity index is 745. The normalized spacial score (nSPS) is 14.7. The molecule has 0 aromatic heterocycles. The van der Waals surface area contributed by atoms with Crippen molar-refractivity contribution < 1.29 is 9.59 Å². The quantitative estimate of drug-likeness (QED) is 0.855. The molecular weight excluding hydrogens is 324 g/mol. The van der Waals surface area contributed by atoms with Crippen LogP contribution in [0.3, 0.4) is 0 Å². The highest BCUT2D eigenvalue weighted by molar-refractivity contribution is 5.94. The van der Waals surface area contributed by atoms with Gasteiger partial charge in [-0.25, -0.2) is 0 Å². The molecule has 0 spiro atoms. The molecular formula is C22H26N2O2. The summed E-state index contributed by atoms with van der Waals surface area (Å²) < 4.78 is 0. The zero-order valence-electron chi connectivity index (χ0n) is 15.3. The molecule has 0 unspecified atom stereocenters. The van der Waals surface area contributed by atoms with Crippen molar-refractivity contribution in [3.8, 4) is 0 Å². The van der Waals surface area contributed by atoms with Crippen LogP contribution in [-0.2, 0) is 6.54 Å². The molecule has 26 heavy (non-hydrogen) atoms. The molecule has 2 N–H and O–H groups in total. The first kappa shape index (κ1) is 18.2. The summed E-state index contributed by atoms with van der Waals surface area (Å²) in [5.74, 6) is 0.467. The minimum absolute atomic E-state index is 0.0735. The van der Waals surface area contributed by atoms with E-state index in [0.717, 1.165) is 5.56 Å². The lowest BCUT2D eigenvalue weighted by molar-refractivity contribution is 0.0946. The highest BCUT2D eigenvalue weighted by atomic mass is 16.2. The van der Waals surface area contributed by atoms with Gasteiger partial charge in [0.1, 0.15) is 0 Å². The van der Waals surface area contributed by atoms with Gasteiger partial charge in [0.05, 0.1) is 0 Å². The lowest BCUT2D eigenvalue weighted by Gasteiger charge is -2.22. The van der Waals surface area contributed by atoms with Crippen LogP contribution < -0.4 is 10.6 Å². The first-order valence-corrected chi connectivity index (χ1v) is 9.36. The molecule has 0 heterocycles. The molecule has 1 aliphatic carbocycles. The summed E-state index contributed by atoms with van der Waals surface area (Å²) in [6.45, 7) is 0.442. The maximum Gasteiger partial charge on any atom is 0.251 e. The van der Waals surface area contributed by atoms with E-state index in [1.54, 1.807) is 19.2 Å². The van der Waals surface area contributed by atoms with Crippen LogP contribution in [0.5, 0.6) is 0 Å². The molecule has 3 rings (SSSR count). The van der Waals surface area contributed by atoms with E-state index < -0.39 is 0 Å². The summed E-state index contributed by atoms with van der Waals surface area (Å²) in [5.41, 5.74) is 3.61. The summed E-state index contributed by atoms with van der Waals surface area (Å²) in [7, 11) is 1.61. The summed E-state index contributed by atoms with van der Waals surface area (Å²) >= 11 is 0. The monoisotopic (exact) mass is 350 g/mol. The van der Waals surface area contributed by atoms with Crippen molar-refractivity contribution >= 4 is 11.8 Å². The van der Waals surface area contributed by atoms with Crippen molar-refractivity contribution in [2.24, 2.45) is 0 Å². The number of carbonyl (C=O) groups excluding carboxylic acids is 2. The number of hydrogen-bond donors (Lipinski definition) is 2. The van der Waals surface area contributed by atoms with E-state index in [9.17, 15) is 9.59 Å². The molecule has 0 atom stereocenters. The van der Waals surface area contributed by atoms with Crippen LogP contribution in [0.25, 0.3) is 0 Å². The van der Waals surface area contributed by atoms with E-state index >= 15 is 0 Å². The number of rotatable bonds is 5. The predicted octanol–water partition coefficient (Wildman–Crippen LogP) is 4.02. The predicted molar refractivity (Wildman–Crippen MR) is 103 cm³/mol. The van der Waals surface area contributed by atoms with Crippen molar-refractivity contribution in [1.82, 2.24) is 10.6 Å². The van der Waals surface area contributed by atoms with Gasteiger partial charge in [0.2, 0.25) is 0 Å². The minimum atomic E-state index is -0.112. The summed E-state index contributed by atoms with van der Waals surface area (Å²) in [4.78, 5) is 23.9. The molecule has 136 valence electrons. The number of amides is 2. The van der Waals surface area contributed by atoms with E-state index in [-0.39, 0.29) is 11.8 Å². The molecule has 2 aromatic carbocycles. The Morgan fingerprint density at radius 3 is 2.04 bits per heavy atom. The van der Waals surface area contributed by atoms with E-state index in [1.165, 1.54) is 37.7 Å². The number of benzene rings is 2. The van der Waals surface area contributed by atoms with Crippen LogP contribution in [0.4, 0.5) is 0 Å². The molecule has 1 aliphatic rings. The molecule has 4 heteroatoms. The van der Waals surface area contributed by atoms with Crippen molar-refractivity contribution in [3.05, 3.63) is 70.8 Å². The number of carbonyl (C=O) groups is 2. The first-order chi connectivity index (χ1) is 12.7. The number of hydrogen-bond acceptors (Lipinski definition) is 2.